The normalized spacial score (nSPS) is 15.8. The third-order valence-electron chi connectivity index (χ3n) is 6.09. The average Bonchev–Trinajstić information content (AvgIpc) is 3.35. The molecule has 200 valence electrons. The molecule has 38 heavy (non-hydrogen) atoms. The maximum atomic E-state index is 14.0. The molecule has 3 aromatic rings. The molecule has 0 aromatic heterocycles. The molecule has 12 heteroatoms. The van der Waals surface area contributed by atoms with E-state index in [1.54, 1.807) is 24.3 Å². The number of sulfone groups is 1. The summed E-state index contributed by atoms with van der Waals surface area (Å²) in [5, 5.41) is 5.46. The van der Waals surface area contributed by atoms with Crippen molar-refractivity contribution in [2.45, 2.75) is 30.0 Å². The first-order valence-electron chi connectivity index (χ1n) is 11.5. The van der Waals surface area contributed by atoms with Crippen LogP contribution in [0.25, 0.3) is 11.1 Å². The first kappa shape index (κ1) is 27.5. The lowest BCUT2D eigenvalue weighted by atomic mass is 10.0. The van der Waals surface area contributed by atoms with Crippen LogP contribution in [0.15, 0.2) is 71.6 Å². The van der Waals surface area contributed by atoms with Gasteiger partial charge in [0.15, 0.2) is 9.84 Å². The molecule has 0 spiro atoms. The van der Waals surface area contributed by atoms with E-state index in [9.17, 15) is 31.2 Å². The van der Waals surface area contributed by atoms with E-state index in [0.29, 0.717) is 17.1 Å². The number of carbonyl (C=O) groups is 2. The molecule has 4 rings (SSSR count). The number of carbonyl (C=O) groups excluding carboxylic acids is 2. The number of anilines is 2. The summed E-state index contributed by atoms with van der Waals surface area (Å²) in [4.78, 5) is 27.0. The van der Waals surface area contributed by atoms with Crippen LogP contribution in [0.1, 0.15) is 18.4 Å². The summed E-state index contributed by atoms with van der Waals surface area (Å²) in [6.45, 7) is 0.255. The van der Waals surface area contributed by atoms with Crippen LogP contribution in [0.2, 0.25) is 5.02 Å². The van der Waals surface area contributed by atoms with Crippen molar-refractivity contribution in [1.29, 1.82) is 0 Å². The Labute approximate surface area is 222 Å². The molecular formula is C26H23ClF3N3O4S. The monoisotopic (exact) mass is 565 g/mol. The highest BCUT2D eigenvalue weighted by Crippen LogP contribution is 2.39. The van der Waals surface area contributed by atoms with Crippen LogP contribution in [0.4, 0.5) is 29.3 Å². The number of benzene rings is 3. The van der Waals surface area contributed by atoms with Gasteiger partial charge in [0, 0.05) is 29.1 Å². The molecule has 0 saturated carbocycles. The van der Waals surface area contributed by atoms with Crippen molar-refractivity contribution in [2.75, 3.05) is 23.4 Å². The second-order valence-corrected chi connectivity index (χ2v) is 11.2. The van der Waals surface area contributed by atoms with Gasteiger partial charge in [-0.25, -0.2) is 13.2 Å². The number of urea groups is 1. The SMILES string of the molecule is CS(=O)(=O)c1ccccc1-c1ccc(NC(=O)[C@H]2CCCN2C(=O)Nc2ccc(Cl)cc2)c(C(F)(F)F)c1. The summed E-state index contributed by atoms with van der Waals surface area (Å²) in [6, 6.07) is 13.8. The molecule has 1 atom stereocenters. The Hall–Kier alpha value is -3.57. The summed E-state index contributed by atoms with van der Waals surface area (Å²) >= 11 is 5.85. The van der Waals surface area contributed by atoms with E-state index >= 15 is 0 Å². The highest BCUT2D eigenvalue weighted by molar-refractivity contribution is 7.90. The summed E-state index contributed by atoms with van der Waals surface area (Å²) in [6.07, 6.45) is -3.10. The number of nitrogens with one attached hydrogen (secondary N) is 2. The van der Waals surface area contributed by atoms with Gasteiger partial charge in [-0.3, -0.25) is 4.79 Å². The number of likely N-dealkylation sites (tertiary alicyclic amines) is 1. The fourth-order valence-corrected chi connectivity index (χ4v) is 5.35. The fraction of sp³-hybridized carbons (Fsp3) is 0.231. The van der Waals surface area contributed by atoms with E-state index in [1.165, 1.54) is 35.2 Å². The molecular weight excluding hydrogens is 543 g/mol. The summed E-state index contributed by atoms with van der Waals surface area (Å²) in [5.74, 6) is -0.761. The highest BCUT2D eigenvalue weighted by atomic mass is 35.5. The fourth-order valence-electron chi connectivity index (χ4n) is 4.31. The smallest absolute Gasteiger partial charge is 0.324 e. The number of hydrogen-bond donors (Lipinski definition) is 2. The quantitative estimate of drug-likeness (QED) is 0.393. The molecule has 1 fully saturated rings. The third kappa shape index (κ3) is 6.11. The van der Waals surface area contributed by atoms with Crippen molar-refractivity contribution in [1.82, 2.24) is 4.90 Å². The Balaban J connectivity index is 1.59. The van der Waals surface area contributed by atoms with Gasteiger partial charge in [0.2, 0.25) is 5.91 Å². The predicted molar refractivity (Wildman–Crippen MR) is 139 cm³/mol. The third-order valence-corrected chi connectivity index (χ3v) is 7.50. The van der Waals surface area contributed by atoms with Crippen molar-refractivity contribution < 1.29 is 31.2 Å². The number of rotatable bonds is 5. The van der Waals surface area contributed by atoms with Crippen molar-refractivity contribution in [3.8, 4) is 11.1 Å². The van der Waals surface area contributed by atoms with Crippen LogP contribution in [-0.2, 0) is 20.8 Å². The Morgan fingerprint density at radius 2 is 1.68 bits per heavy atom. The van der Waals surface area contributed by atoms with Gasteiger partial charge < -0.3 is 15.5 Å². The van der Waals surface area contributed by atoms with Gasteiger partial charge in [-0.2, -0.15) is 13.2 Å². The molecule has 3 aromatic carbocycles. The molecule has 1 aliphatic heterocycles. The molecule has 3 amide bonds. The van der Waals surface area contributed by atoms with Crippen LogP contribution in [0, 0.1) is 0 Å². The van der Waals surface area contributed by atoms with Crippen LogP contribution in [-0.4, -0.2) is 44.1 Å². The molecule has 1 heterocycles. The van der Waals surface area contributed by atoms with Gasteiger partial charge in [-0.15, -0.1) is 0 Å². The Morgan fingerprint density at radius 1 is 1.00 bits per heavy atom. The van der Waals surface area contributed by atoms with E-state index in [1.807, 2.05) is 0 Å². The summed E-state index contributed by atoms with van der Waals surface area (Å²) in [5.41, 5.74) is -1.04. The Bertz CT molecular complexity index is 1480. The first-order valence-corrected chi connectivity index (χ1v) is 13.8. The number of amides is 3. The number of nitrogens with zero attached hydrogens (tertiary/aromatic N) is 1. The summed E-state index contributed by atoms with van der Waals surface area (Å²) < 4.78 is 66.4. The van der Waals surface area contributed by atoms with Crippen LogP contribution in [0.5, 0.6) is 0 Å². The highest BCUT2D eigenvalue weighted by Gasteiger charge is 2.38. The van der Waals surface area contributed by atoms with Crippen molar-refractivity contribution >= 4 is 44.8 Å². The van der Waals surface area contributed by atoms with Gasteiger partial charge in [-0.1, -0.05) is 35.9 Å². The maximum Gasteiger partial charge on any atom is 0.418 e. The zero-order chi connectivity index (χ0) is 27.7. The lowest BCUT2D eigenvalue weighted by Gasteiger charge is -2.25. The van der Waals surface area contributed by atoms with Crippen LogP contribution < -0.4 is 10.6 Å². The molecule has 0 aliphatic carbocycles. The number of alkyl halides is 3. The molecule has 1 saturated heterocycles. The molecule has 2 N–H and O–H groups in total. The lowest BCUT2D eigenvalue weighted by molar-refractivity contribution is -0.137. The van der Waals surface area contributed by atoms with Crippen molar-refractivity contribution in [3.63, 3.8) is 0 Å². The van der Waals surface area contributed by atoms with Gasteiger partial charge in [0.1, 0.15) is 6.04 Å². The largest absolute Gasteiger partial charge is 0.418 e. The van der Waals surface area contributed by atoms with E-state index in [-0.39, 0.29) is 29.0 Å². The Morgan fingerprint density at radius 3 is 2.34 bits per heavy atom. The second-order valence-electron chi connectivity index (χ2n) is 8.80. The molecule has 1 aliphatic rings. The van der Waals surface area contributed by atoms with E-state index in [4.69, 9.17) is 11.6 Å². The second kappa shape index (κ2) is 10.7. The lowest BCUT2D eigenvalue weighted by Crippen LogP contribution is -2.45. The summed E-state index contributed by atoms with van der Waals surface area (Å²) in [7, 11) is -3.71. The van der Waals surface area contributed by atoms with Crippen LogP contribution >= 0.6 is 11.6 Å². The topological polar surface area (TPSA) is 95.6 Å². The van der Waals surface area contributed by atoms with Crippen LogP contribution in [0.3, 0.4) is 0 Å². The standard InChI is InChI=1S/C26H23ClF3N3O4S/c1-38(36,37)23-7-3-2-5-19(23)16-8-13-21(20(15-16)26(28,29)30)32-24(34)22-6-4-14-33(22)25(35)31-18-11-9-17(27)10-12-18/h2-3,5,7-13,15,22H,4,6,14H2,1H3,(H,31,35)(H,32,34)/t22-/m1/s1. The average molecular weight is 566 g/mol. The van der Waals surface area contributed by atoms with Gasteiger partial charge in [0.25, 0.3) is 0 Å². The molecule has 7 nitrogen and oxygen atoms in total. The minimum atomic E-state index is -4.85. The molecule has 0 radical (unpaired) electrons. The number of halogens is 4. The van der Waals surface area contributed by atoms with Gasteiger partial charge in [-0.05, 0) is 60.9 Å². The molecule has 0 unspecified atom stereocenters. The number of hydrogen-bond acceptors (Lipinski definition) is 4. The predicted octanol–water partition coefficient (Wildman–Crippen LogP) is 6.06. The van der Waals surface area contributed by atoms with Crippen molar-refractivity contribution in [3.05, 3.63) is 77.3 Å². The van der Waals surface area contributed by atoms with E-state index in [2.05, 4.69) is 10.6 Å². The van der Waals surface area contributed by atoms with E-state index < -0.39 is 45.2 Å². The van der Waals surface area contributed by atoms with Gasteiger partial charge in [0.05, 0.1) is 16.1 Å². The Kier molecular flexibility index (Phi) is 7.70. The maximum absolute atomic E-state index is 14.0. The minimum Gasteiger partial charge on any atom is -0.324 e. The zero-order valence-electron chi connectivity index (χ0n) is 20.0. The van der Waals surface area contributed by atoms with Crippen molar-refractivity contribution in [2.24, 2.45) is 0 Å². The van der Waals surface area contributed by atoms with Gasteiger partial charge >= 0.3 is 12.2 Å². The molecule has 0 bridgehead atoms. The first-order chi connectivity index (χ1) is 17.8. The minimum absolute atomic E-state index is 0.0289. The zero-order valence-corrected chi connectivity index (χ0v) is 21.6. The van der Waals surface area contributed by atoms with E-state index in [0.717, 1.165) is 18.4 Å².